The predicted molar refractivity (Wildman–Crippen MR) is 117 cm³/mol. The van der Waals surface area contributed by atoms with Gasteiger partial charge in [-0.1, -0.05) is 41.6 Å². The Morgan fingerprint density at radius 2 is 1.45 bits per heavy atom. The molecule has 4 rings (SSSR count). The van der Waals surface area contributed by atoms with Gasteiger partial charge in [0, 0.05) is 5.56 Å². The van der Waals surface area contributed by atoms with Crippen molar-refractivity contribution < 1.29 is 52.2 Å². The van der Waals surface area contributed by atoms with Crippen LogP contribution >= 0.6 is 0 Å². The molecule has 0 saturated heterocycles. The molecule has 0 heterocycles. The number of halogens is 9. The van der Waals surface area contributed by atoms with Gasteiger partial charge in [-0.05, 0) is 59.0 Å². The second-order valence-corrected chi connectivity index (χ2v) is 9.73. The van der Waals surface area contributed by atoms with Gasteiger partial charge < -0.3 is 0 Å². The maximum atomic E-state index is 15.0. The molecule has 0 bridgehead atoms. The van der Waals surface area contributed by atoms with Gasteiger partial charge in [0.05, 0.1) is 0 Å². The Bertz CT molecular complexity index is 1500. The molecule has 0 unspecified atom stereocenters. The van der Waals surface area contributed by atoms with Crippen molar-refractivity contribution in [1.82, 2.24) is 0 Å². The number of rotatable bonds is 8. The van der Waals surface area contributed by atoms with Crippen LogP contribution in [-0.4, -0.2) is 38.3 Å². The Kier molecular flexibility index (Phi) is 6.75. The van der Waals surface area contributed by atoms with E-state index in [2.05, 4.69) is 9.44 Å². The number of fused-ring (bicyclic) bond motifs is 3. The zero-order valence-electron chi connectivity index (χ0n) is 18.6. The third kappa shape index (κ3) is 4.50. The van der Waals surface area contributed by atoms with Crippen LogP contribution in [0.3, 0.4) is 0 Å². The fraction of sp³-hybridized carbons (Fsp3) is 0.208. The van der Waals surface area contributed by atoms with Crippen LogP contribution in [0.15, 0.2) is 76.8 Å². The minimum absolute atomic E-state index is 0.108. The predicted octanol–water partition coefficient (Wildman–Crippen LogP) is 6.68. The molecule has 1 aliphatic rings. The van der Waals surface area contributed by atoms with Crippen molar-refractivity contribution in [1.29, 1.82) is 0 Å². The van der Waals surface area contributed by atoms with Crippen LogP contribution in [0.1, 0.15) is 16.7 Å². The number of hydrogen-bond acceptors (Lipinski definition) is 4. The molecule has 0 amide bonds. The summed E-state index contributed by atoms with van der Waals surface area (Å²) in [6.07, 6.45) is -5.10. The van der Waals surface area contributed by atoms with E-state index in [4.69, 9.17) is 0 Å². The third-order valence-electron chi connectivity index (χ3n) is 5.78. The molecule has 0 atom stereocenters. The zero-order chi connectivity index (χ0) is 28.1. The Morgan fingerprint density at radius 3 is 2.08 bits per heavy atom. The van der Waals surface area contributed by atoms with Crippen molar-refractivity contribution in [2.45, 2.75) is 35.5 Å². The van der Waals surface area contributed by atoms with Crippen molar-refractivity contribution in [3.63, 3.8) is 0 Å². The topological polar surface area (TPSA) is 55.7 Å². The summed E-state index contributed by atoms with van der Waals surface area (Å²) in [4.78, 5) is -0.848. The van der Waals surface area contributed by atoms with E-state index in [-0.39, 0.29) is 12.0 Å². The number of nitrogens with zero attached hydrogens (tertiary/aromatic N) is 1. The van der Waals surface area contributed by atoms with Crippen molar-refractivity contribution in [2.24, 2.45) is 5.16 Å². The molecule has 3 aromatic rings. The number of hydrogen-bond donors (Lipinski definition) is 0. The van der Waals surface area contributed by atoms with E-state index < -0.39 is 56.3 Å². The Hall–Kier alpha value is -3.55. The fourth-order valence-electron chi connectivity index (χ4n) is 3.81. The van der Waals surface area contributed by atoms with Gasteiger partial charge in [-0.3, -0.25) is 4.28 Å². The molecule has 14 heteroatoms. The molecule has 0 fully saturated rings. The number of alkyl halides is 8. The van der Waals surface area contributed by atoms with Crippen molar-refractivity contribution >= 4 is 15.8 Å². The first-order valence-corrected chi connectivity index (χ1v) is 11.9. The first-order chi connectivity index (χ1) is 17.6. The summed E-state index contributed by atoms with van der Waals surface area (Å²) < 4.78 is 153. The number of benzene rings is 3. The maximum Gasteiger partial charge on any atom is 0.383 e. The van der Waals surface area contributed by atoms with Crippen molar-refractivity contribution in [2.75, 3.05) is 0 Å². The lowest BCUT2D eigenvalue weighted by molar-refractivity contribution is -0.319. The molecule has 4 nitrogen and oxygen atoms in total. The third-order valence-corrected chi connectivity index (χ3v) is 6.90. The van der Waals surface area contributed by atoms with E-state index in [0.29, 0.717) is 35.4 Å². The van der Waals surface area contributed by atoms with Gasteiger partial charge >= 0.3 is 34.3 Å². The summed E-state index contributed by atoms with van der Waals surface area (Å²) in [5, 5.41) is 2.58. The first kappa shape index (κ1) is 27.5. The molecule has 1 aliphatic carbocycles. The quantitative estimate of drug-likeness (QED) is 0.136. The second kappa shape index (κ2) is 9.33. The normalized spacial score (nSPS) is 14.4. The van der Waals surface area contributed by atoms with Crippen LogP contribution in [0.5, 0.6) is 0 Å². The highest BCUT2D eigenvalue weighted by Gasteiger charge is 2.77. The SMILES string of the molecule is O=S(=O)(ON=C(c1ccc2c(c1)Cc1ccccc1-2)C(F)(F)C(F)(F)C(F)(F)C(F)F)c1ccc(F)cc1. The van der Waals surface area contributed by atoms with Gasteiger partial charge in [0.25, 0.3) is 0 Å². The molecule has 0 saturated carbocycles. The minimum Gasteiger partial charge on any atom is -0.264 e. The van der Waals surface area contributed by atoms with Crippen LogP contribution in [0, 0.1) is 5.82 Å². The molecular formula is C24H14F9NO3S. The van der Waals surface area contributed by atoms with E-state index in [1.54, 1.807) is 24.3 Å². The maximum absolute atomic E-state index is 15.0. The lowest BCUT2D eigenvalue weighted by Gasteiger charge is -2.32. The lowest BCUT2D eigenvalue weighted by Crippen LogP contribution is -2.60. The highest BCUT2D eigenvalue weighted by molar-refractivity contribution is 7.86. The van der Waals surface area contributed by atoms with Crippen LogP contribution in [-0.2, 0) is 20.8 Å². The Labute approximate surface area is 209 Å². The number of oxime groups is 1. The van der Waals surface area contributed by atoms with Gasteiger partial charge in [-0.15, -0.1) is 0 Å². The minimum atomic E-state index is -6.74. The van der Waals surface area contributed by atoms with E-state index >= 15 is 8.78 Å². The highest BCUT2D eigenvalue weighted by Crippen LogP contribution is 2.50. The summed E-state index contributed by atoms with van der Waals surface area (Å²) >= 11 is 0. The summed E-state index contributed by atoms with van der Waals surface area (Å²) in [5.41, 5.74) is -1.19. The highest BCUT2D eigenvalue weighted by atomic mass is 32.2. The smallest absolute Gasteiger partial charge is 0.264 e. The molecule has 0 aromatic heterocycles. The Morgan fingerprint density at radius 1 is 0.842 bits per heavy atom. The molecule has 38 heavy (non-hydrogen) atoms. The average Bonchev–Trinajstić information content (AvgIpc) is 3.21. The van der Waals surface area contributed by atoms with Gasteiger partial charge in [0.2, 0.25) is 0 Å². The van der Waals surface area contributed by atoms with E-state index in [1.807, 2.05) is 0 Å². The van der Waals surface area contributed by atoms with E-state index in [0.717, 1.165) is 17.7 Å². The summed E-state index contributed by atoms with van der Waals surface area (Å²) in [6.45, 7) is 0. The summed E-state index contributed by atoms with van der Waals surface area (Å²) in [7, 11) is -5.16. The molecular weight excluding hydrogens is 553 g/mol. The fourth-order valence-corrected chi connectivity index (χ4v) is 4.54. The molecule has 0 spiro atoms. The standard InChI is InChI=1S/C24H14F9NO3S/c25-16-6-8-17(9-7-16)38(35,36)37-34-20(22(28,29)24(32,33)23(30,31)21(26)27)14-5-10-19-15(12-14)11-13-3-1-2-4-18(13)19/h1-10,12,21H,11H2. The first-order valence-electron chi connectivity index (χ1n) is 10.5. The van der Waals surface area contributed by atoms with Crippen LogP contribution < -0.4 is 0 Å². The van der Waals surface area contributed by atoms with Crippen LogP contribution in [0.25, 0.3) is 11.1 Å². The molecule has 0 radical (unpaired) electrons. The summed E-state index contributed by atoms with van der Waals surface area (Å²) in [5.74, 6) is -20.3. The lowest BCUT2D eigenvalue weighted by atomic mass is 9.93. The average molecular weight is 567 g/mol. The second-order valence-electron chi connectivity index (χ2n) is 8.20. The van der Waals surface area contributed by atoms with Crippen LogP contribution in [0.4, 0.5) is 39.5 Å². The Balaban J connectivity index is 1.84. The molecule has 202 valence electrons. The van der Waals surface area contributed by atoms with E-state index in [1.165, 1.54) is 6.07 Å². The zero-order valence-corrected chi connectivity index (χ0v) is 19.4. The molecule has 0 aliphatic heterocycles. The summed E-state index contributed by atoms with van der Waals surface area (Å²) in [6, 6.07) is 12.1. The van der Waals surface area contributed by atoms with Gasteiger partial charge in [-0.25, -0.2) is 13.2 Å². The van der Waals surface area contributed by atoms with Crippen molar-refractivity contribution in [3.05, 3.63) is 89.2 Å². The van der Waals surface area contributed by atoms with Crippen molar-refractivity contribution in [3.8, 4) is 11.1 Å². The molecule has 3 aromatic carbocycles. The largest absolute Gasteiger partial charge is 0.383 e. The van der Waals surface area contributed by atoms with Gasteiger partial charge in [-0.2, -0.15) is 34.8 Å². The molecule has 0 N–H and O–H groups in total. The van der Waals surface area contributed by atoms with Crippen LogP contribution in [0.2, 0.25) is 0 Å². The van der Waals surface area contributed by atoms with Gasteiger partial charge in [0.1, 0.15) is 10.7 Å². The monoisotopic (exact) mass is 567 g/mol. The van der Waals surface area contributed by atoms with Gasteiger partial charge in [0.15, 0.2) is 5.71 Å². The van der Waals surface area contributed by atoms with E-state index in [9.17, 15) is 39.2 Å².